The average Bonchev–Trinajstić information content (AvgIpc) is 2.99. The van der Waals surface area contributed by atoms with E-state index in [-0.39, 0.29) is 5.92 Å². The monoisotopic (exact) mass is 355 g/mol. The second-order valence-electron chi connectivity index (χ2n) is 6.24. The summed E-state index contributed by atoms with van der Waals surface area (Å²) in [5, 5.41) is 16.3. The summed E-state index contributed by atoms with van der Waals surface area (Å²) >= 11 is 0. The van der Waals surface area contributed by atoms with E-state index in [1.54, 1.807) is 12.4 Å². The molecule has 0 aliphatic rings. The fourth-order valence-corrected chi connectivity index (χ4v) is 2.38. The smallest absolute Gasteiger partial charge is 0.416 e. The molecule has 8 heteroatoms. The summed E-state index contributed by atoms with van der Waals surface area (Å²) in [7, 11) is 0. The Morgan fingerprint density at radius 2 is 1.92 bits per heavy atom. The van der Waals surface area contributed by atoms with Gasteiger partial charge >= 0.3 is 12.1 Å². The number of alkyl halides is 3. The van der Waals surface area contributed by atoms with Crippen LogP contribution in [0.3, 0.4) is 0 Å². The first-order chi connectivity index (χ1) is 11.7. The Morgan fingerprint density at radius 3 is 2.44 bits per heavy atom. The number of rotatable bonds is 7. The molecule has 0 aliphatic heterocycles. The van der Waals surface area contributed by atoms with Crippen LogP contribution in [0.5, 0.6) is 0 Å². The number of carboxylic acid groups (broad SMARTS) is 1. The zero-order valence-corrected chi connectivity index (χ0v) is 13.9. The maximum Gasteiger partial charge on any atom is 0.416 e. The van der Waals surface area contributed by atoms with E-state index in [0.29, 0.717) is 18.7 Å². The molecule has 2 N–H and O–H groups in total. The minimum atomic E-state index is -4.38. The van der Waals surface area contributed by atoms with Crippen LogP contribution in [0.15, 0.2) is 36.7 Å². The minimum absolute atomic E-state index is 0.239. The fourth-order valence-electron chi connectivity index (χ4n) is 2.38. The SMILES string of the molecule is CC(C)CC(NCc1cnn(-c2ccc(C(F)(F)F)cc2)c1)C(=O)O. The van der Waals surface area contributed by atoms with E-state index in [2.05, 4.69) is 10.4 Å². The van der Waals surface area contributed by atoms with Crippen LogP contribution in [0, 0.1) is 5.92 Å². The normalized spacial score (nSPS) is 13.2. The predicted octanol–water partition coefficient (Wildman–Crippen LogP) is 3.48. The number of aliphatic carboxylic acids is 1. The number of hydrogen-bond donors (Lipinski definition) is 2. The van der Waals surface area contributed by atoms with Crippen LogP contribution in [0.1, 0.15) is 31.4 Å². The largest absolute Gasteiger partial charge is 0.480 e. The summed E-state index contributed by atoms with van der Waals surface area (Å²) < 4.78 is 39.2. The first-order valence-electron chi connectivity index (χ1n) is 7.84. The molecule has 1 aromatic heterocycles. The summed E-state index contributed by atoms with van der Waals surface area (Å²) in [5.41, 5.74) is 0.523. The van der Waals surface area contributed by atoms with E-state index in [9.17, 15) is 23.1 Å². The molecule has 1 heterocycles. The van der Waals surface area contributed by atoms with E-state index in [0.717, 1.165) is 17.7 Å². The fraction of sp³-hybridized carbons (Fsp3) is 0.412. The first kappa shape index (κ1) is 19.0. The molecular formula is C17H20F3N3O2. The molecule has 0 amide bonds. The minimum Gasteiger partial charge on any atom is -0.480 e. The molecule has 0 aliphatic carbocycles. The Morgan fingerprint density at radius 1 is 1.28 bits per heavy atom. The zero-order valence-electron chi connectivity index (χ0n) is 13.9. The number of aromatic nitrogens is 2. The summed E-state index contributed by atoms with van der Waals surface area (Å²) in [6, 6.07) is 4.02. The van der Waals surface area contributed by atoms with Crippen molar-refractivity contribution in [1.29, 1.82) is 0 Å². The van der Waals surface area contributed by atoms with Crippen LogP contribution in [0.4, 0.5) is 13.2 Å². The summed E-state index contributed by atoms with van der Waals surface area (Å²) in [5.74, 6) is -0.674. The van der Waals surface area contributed by atoms with Gasteiger partial charge in [-0.2, -0.15) is 18.3 Å². The number of carbonyl (C=O) groups is 1. The van der Waals surface area contributed by atoms with Crippen molar-refractivity contribution in [3.8, 4) is 5.69 Å². The number of nitrogens with one attached hydrogen (secondary N) is 1. The standard InChI is InChI=1S/C17H20F3N3O2/c1-11(2)7-15(16(24)25)21-8-12-9-22-23(10-12)14-5-3-13(4-6-14)17(18,19)20/h3-6,9-11,15,21H,7-8H2,1-2H3,(H,24,25). The van der Waals surface area contributed by atoms with Gasteiger partial charge in [-0.25, -0.2) is 4.68 Å². The lowest BCUT2D eigenvalue weighted by Gasteiger charge is -2.15. The quantitative estimate of drug-likeness (QED) is 0.798. The Labute approximate surface area is 143 Å². The third-order valence-electron chi connectivity index (χ3n) is 3.65. The van der Waals surface area contributed by atoms with Crippen LogP contribution in [0.2, 0.25) is 0 Å². The Kier molecular flexibility index (Phi) is 5.84. The summed E-state index contributed by atoms with van der Waals surface area (Å²) in [6.07, 6.45) is -0.662. The predicted molar refractivity (Wildman–Crippen MR) is 86.3 cm³/mol. The average molecular weight is 355 g/mol. The maximum atomic E-state index is 12.6. The molecule has 1 unspecified atom stereocenters. The van der Waals surface area contributed by atoms with Gasteiger partial charge in [-0.15, -0.1) is 0 Å². The van der Waals surface area contributed by atoms with Crippen LogP contribution in [-0.2, 0) is 17.5 Å². The molecule has 0 spiro atoms. The van der Waals surface area contributed by atoms with Gasteiger partial charge in [-0.3, -0.25) is 4.79 Å². The lowest BCUT2D eigenvalue weighted by atomic mass is 10.0. The lowest BCUT2D eigenvalue weighted by molar-refractivity contribution is -0.140. The van der Waals surface area contributed by atoms with Crippen molar-refractivity contribution in [3.05, 3.63) is 47.8 Å². The van der Waals surface area contributed by atoms with E-state index < -0.39 is 23.8 Å². The van der Waals surface area contributed by atoms with Gasteiger partial charge in [0.25, 0.3) is 0 Å². The topological polar surface area (TPSA) is 67.2 Å². The van der Waals surface area contributed by atoms with Crippen molar-refractivity contribution < 1.29 is 23.1 Å². The number of hydrogen-bond acceptors (Lipinski definition) is 3. The molecular weight excluding hydrogens is 335 g/mol. The van der Waals surface area contributed by atoms with Crippen molar-refractivity contribution in [2.45, 2.75) is 39.0 Å². The molecule has 0 fully saturated rings. The van der Waals surface area contributed by atoms with Gasteiger partial charge in [0.15, 0.2) is 0 Å². The van der Waals surface area contributed by atoms with Crippen molar-refractivity contribution in [2.24, 2.45) is 5.92 Å². The molecule has 5 nitrogen and oxygen atoms in total. The van der Waals surface area contributed by atoms with E-state index in [1.165, 1.54) is 16.8 Å². The van der Waals surface area contributed by atoms with Gasteiger partial charge in [-0.05, 0) is 36.6 Å². The number of benzene rings is 1. The molecule has 0 radical (unpaired) electrons. The lowest BCUT2D eigenvalue weighted by Crippen LogP contribution is -2.37. The number of halogens is 3. The van der Waals surface area contributed by atoms with Crippen LogP contribution in [-0.4, -0.2) is 26.9 Å². The van der Waals surface area contributed by atoms with Crippen molar-refractivity contribution in [2.75, 3.05) is 0 Å². The molecule has 0 bridgehead atoms. The highest BCUT2D eigenvalue weighted by Gasteiger charge is 2.30. The van der Waals surface area contributed by atoms with Crippen molar-refractivity contribution in [3.63, 3.8) is 0 Å². The highest BCUT2D eigenvalue weighted by molar-refractivity contribution is 5.73. The number of nitrogens with zero attached hydrogens (tertiary/aromatic N) is 2. The molecule has 2 aromatic rings. The van der Waals surface area contributed by atoms with Crippen LogP contribution in [0.25, 0.3) is 5.69 Å². The zero-order chi connectivity index (χ0) is 18.6. The number of carboxylic acids is 1. The Hall–Kier alpha value is -2.35. The summed E-state index contributed by atoms with van der Waals surface area (Å²) in [4.78, 5) is 11.2. The van der Waals surface area contributed by atoms with E-state index >= 15 is 0 Å². The Balaban J connectivity index is 2.03. The van der Waals surface area contributed by atoms with Crippen molar-refractivity contribution >= 4 is 5.97 Å². The molecule has 0 saturated heterocycles. The second-order valence-corrected chi connectivity index (χ2v) is 6.24. The highest BCUT2D eigenvalue weighted by atomic mass is 19.4. The van der Waals surface area contributed by atoms with Gasteiger partial charge in [0.2, 0.25) is 0 Å². The van der Waals surface area contributed by atoms with Crippen molar-refractivity contribution in [1.82, 2.24) is 15.1 Å². The van der Waals surface area contributed by atoms with Gasteiger partial charge in [0.1, 0.15) is 6.04 Å². The van der Waals surface area contributed by atoms with Crippen LogP contribution < -0.4 is 5.32 Å². The molecule has 2 rings (SSSR count). The molecule has 1 aromatic carbocycles. The molecule has 136 valence electrons. The van der Waals surface area contributed by atoms with Gasteiger partial charge in [0.05, 0.1) is 17.4 Å². The van der Waals surface area contributed by atoms with Gasteiger partial charge < -0.3 is 10.4 Å². The Bertz CT molecular complexity index is 709. The third-order valence-corrected chi connectivity index (χ3v) is 3.65. The second kappa shape index (κ2) is 7.69. The molecule has 1 atom stereocenters. The molecule has 25 heavy (non-hydrogen) atoms. The highest BCUT2D eigenvalue weighted by Crippen LogP contribution is 2.29. The van der Waals surface area contributed by atoms with E-state index in [1.807, 2.05) is 13.8 Å². The van der Waals surface area contributed by atoms with E-state index in [4.69, 9.17) is 0 Å². The first-order valence-corrected chi connectivity index (χ1v) is 7.84. The summed E-state index contributed by atoms with van der Waals surface area (Å²) in [6.45, 7) is 4.20. The molecule has 0 saturated carbocycles. The third kappa shape index (κ3) is 5.32. The van der Waals surface area contributed by atoms with Crippen LogP contribution >= 0.6 is 0 Å². The van der Waals surface area contributed by atoms with Gasteiger partial charge in [-0.1, -0.05) is 13.8 Å². The van der Waals surface area contributed by atoms with Gasteiger partial charge in [0, 0.05) is 18.3 Å². The maximum absolute atomic E-state index is 12.6.